The summed E-state index contributed by atoms with van der Waals surface area (Å²) in [5, 5.41) is 2.37. The molecule has 0 saturated heterocycles. The Morgan fingerprint density at radius 3 is 2.55 bits per heavy atom. The van der Waals surface area contributed by atoms with Crippen LogP contribution in [0.15, 0.2) is 60.8 Å². The molecule has 1 N–H and O–H groups in total. The number of hydrogen-bond acceptors (Lipinski definition) is 3. The van der Waals surface area contributed by atoms with E-state index in [1.807, 2.05) is 38.1 Å². The Morgan fingerprint density at radius 1 is 1.07 bits per heavy atom. The number of rotatable bonds is 5. The first-order valence-electron chi connectivity index (χ1n) is 9.00. The summed E-state index contributed by atoms with van der Waals surface area (Å²) in [6.07, 6.45) is 1.34. The lowest BCUT2D eigenvalue weighted by Crippen LogP contribution is -2.31. The van der Waals surface area contributed by atoms with Crippen LogP contribution in [0, 0.1) is 18.6 Å². The molecule has 0 saturated carbocycles. The number of aryl methyl sites for hydroxylation is 1. The second kappa shape index (κ2) is 8.60. The normalized spacial score (nSPS) is 10.5. The van der Waals surface area contributed by atoms with Gasteiger partial charge in [0, 0.05) is 30.1 Å². The van der Waals surface area contributed by atoms with Gasteiger partial charge in [0.05, 0.1) is 5.69 Å². The molecule has 5 nitrogen and oxygen atoms in total. The number of carbonyl (C=O) groups excluding carboxylic acids is 2. The first-order chi connectivity index (χ1) is 13.9. The summed E-state index contributed by atoms with van der Waals surface area (Å²) in [5.41, 5.74) is 1.79. The van der Waals surface area contributed by atoms with Crippen molar-refractivity contribution in [2.24, 2.45) is 0 Å². The number of nitrogens with one attached hydrogen (secondary N) is 1. The first kappa shape index (κ1) is 20.1. The second-order valence-electron chi connectivity index (χ2n) is 6.40. The molecule has 1 aromatic heterocycles. The largest absolute Gasteiger partial charge is 0.319 e. The fourth-order valence-corrected chi connectivity index (χ4v) is 2.85. The van der Waals surface area contributed by atoms with Crippen LogP contribution in [0.4, 0.5) is 20.2 Å². The molecular formula is C22H19F2N3O2. The maximum atomic E-state index is 13.8. The van der Waals surface area contributed by atoms with E-state index in [0.29, 0.717) is 12.6 Å². The van der Waals surface area contributed by atoms with Gasteiger partial charge in [-0.05, 0) is 55.8 Å². The lowest BCUT2D eigenvalue weighted by Gasteiger charge is -2.21. The van der Waals surface area contributed by atoms with Gasteiger partial charge in [0.2, 0.25) is 0 Å². The Balaban J connectivity index is 1.84. The van der Waals surface area contributed by atoms with E-state index in [1.54, 1.807) is 4.90 Å². The summed E-state index contributed by atoms with van der Waals surface area (Å²) in [6, 6.07) is 13.1. The fourth-order valence-electron chi connectivity index (χ4n) is 2.85. The Morgan fingerprint density at radius 2 is 1.86 bits per heavy atom. The number of pyridine rings is 1. The van der Waals surface area contributed by atoms with Gasteiger partial charge in [-0.2, -0.15) is 0 Å². The minimum absolute atomic E-state index is 0.0839. The highest BCUT2D eigenvalue weighted by Gasteiger charge is 2.19. The van der Waals surface area contributed by atoms with Crippen LogP contribution in [-0.2, 0) is 0 Å². The van der Waals surface area contributed by atoms with E-state index < -0.39 is 17.5 Å². The van der Waals surface area contributed by atoms with Crippen molar-refractivity contribution in [3.05, 3.63) is 89.2 Å². The molecule has 0 spiro atoms. The minimum atomic E-state index is -0.889. The minimum Gasteiger partial charge on any atom is -0.319 e. The molecular weight excluding hydrogens is 376 g/mol. The van der Waals surface area contributed by atoms with E-state index in [0.717, 1.165) is 23.4 Å². The van der Waals surface area contributed by atoms with Crippen LogP contribution in [-0.4, -0.2) is 23.3 Å². The predicted octanol–water partition coefficient (Wildman–Crippen LogP) is 4.59. The quantitative estimate of drug-likeness (QED) is 0.687. The van der Waals surface area contributed by atoms with E-state index in [-0.39, 0.29) is 22.9 Å². The number of halogens is 2. The Labute approximate surface area is 167 Å². The third kappa shape index (κ3) is 4.63. The van der Waals surface area contributed by atoms with Crippen molar-refractivity contribution in [1.82, 2.24) is 4.98 Å². The zero-order valence-electron chi connectivity index (χ0n) is 15.9. The van der Waals surface area contributed by atoms with E-state index >= 15 is 0 Å². The first-order valence-corrected chi connectivity index (χ1v) is 9.00. The van der Waals surface area contributed by atoms with Gasteiger partial charge in [-0.1, -0.05) is 12.1 Å². The van der Waals surface area contributed by atoms with E-state index in [1.165, 1.54) is 18.3 Å². The molecule has 0 bridgehead atoms. The number of anilines is 2. The molecule has 1 heterocycles. The molecule has 0 aliphatic rings. The molecule has 7 heteroatoms. The maximum absolute atomic E-state index is 13.8. The van der Waals surface area contributed by atoms with E-state index in [9.17, 15) is 18.4 Å². The van der Waals surface area contributed by atoms with Gasteiger partial charge in [-0.15, -0.1) is 0 Å². The van der Waals surface area contributed by atoms with Crippen molar-refractivity contribution >= 4 is 23.2 Å². The number of carbonyl (C=O) groups is 2. The molecule has 2 amide bonds. The topological polar surface area (TPSA) is 62.3 Å². The molecule has 0 unspecified atom stereocenters. The van der Waals surface area contributed by atoms with Gasteiger partial charge in [0.25, 0.3) is 11.8 Å². The fraction of sp³-hybridized carbons (Fsp3) is 0.136. The highest BCUT2D eigenvalue weighted by atomic mass is 19.1. The van der Waals surface area contributed by atoms with E-state index in [4.69, 9.17) is 0 Å². The van der Waals surface area contributed by atoms with Gasteiger partial charge in [-0.3, -0.25) is 14.6 Å². The highest BCUT2D eigenvalue weighted by molar-refractivity contribution is 6.08. The Bertz CT molecular complexity index is 1070. The number of benzene rings is 2. The van der Waals surface area contributed by atoms with Crippen LogP contribution in [0.5, 0.6) is 0 Å². The van der Waals surface area contributed by atoms with Crippen molar-refractivity contribution in [2.45, 2.75) is 13.8 Å². The maximum Gasteiger partial charge on any atom is 0.276 e. The SMILES string of the molecule is CCN(C(=O)c1cc(C(=O)Nc2ccc(F)cc2F)ccn1)c1cccc(C)c1. The van der Waals surface area contributed by atoms with Gasteiger partial charge < -0.3 is 10.2 Å². The zero-order chi connectivity index (χ0) is 21.0. The third-order valence-electron chi connectivity index (χ3n) is 4.30. The van der Waals surface area contributed by atoms with Gasteiger partial charge in [-0.25, -0.2) is 8.78 Å². The monoisotopic (exact) mass is 395 g/mol. The summed E-state index contributed by atoms with van der Waals surface area (Å²) in [7, 11) is 0. The van der Waals surface area contributed by atoms with Crippen molar-refractivity contribution < 1.29 is 18.4 Å². The summed E-state index contributed by atoms with van der Waals surface area (Å²) in [6.45, 7) is 4.19. The summed E-state index contributed by atoms with van der Waals surface area (Å²) in [4.78, 5) is 31.0. The lowest BCUT2D eigenvalue weighted by atomic mass is 10.1. The molecule has 0 atom stereocenters. The summed E-state index contributed by atoms with van der Waals surface area (Å²) >= 11 is 0. The molecule has 148 valence electrons. The number of amides is 2. The average Bonchev–Trinajstić information content (AvgIpc) is 2.70. The summed E-state index contributed by atoms with van der Waals surface area (Å²) < 4.78 is 26.8. The van der Waals surface area contributed by atoms with Crippen molar-refractivity contribution in [1.29, 1.82) is 0 Å². The van der Waals surface area contributed by atoms with Crippen LogP contribution < -0.4 is 10.2 Å². The average molecular weight is 395 g/mol. The van der Waals surface area contributed by atoms with Crippen LogP contribution in [0.2, 0.25) is 0 Å². The van der Waals surface area contributed by atoms with Crippen LogP contribution in [0.1, 0.15) is 33.3 Å². The van der Waals surface area contributed by atoms with Crippen LogP contribution >= 0.6 is 0 Å². The van der Waals surface area contributed by atoms with Gasteiger partial charge in [0.15, 0.2) is 0 Å². The second-order valence-corrected chi connectivity index (χ2v) is 6.40. The molecule has 0 radical (unpaired) electrons. The van der Waals surface area contributed by atoms with E-state index in [2.05, 4.69) is 10.3 Å². The smallest absolute Gasteiger partial charge is 0.276 e. The molecule has 0 fully saturated rings. The third-order valence-corrected chi connectivity index (χ3v) is 4.30. The van der Waals surface area contributed by atoms with Gasteiger partial charge >= 0.3 is 0 Å². The number of hydrogen-bond donors (Lipinski definition) is 1. The lowest BCUT2D eigenvalue weighted by molar-refractivity contribution is 0.0983. The molecule has 2 aromatic carbocycles. The number of nitrogens with zero attached hydrogens (tertiary/aromatic N) is 2. The number of aromatic nitrogens is 1. The standard InChI is InChI=1S/C22H19F2N3O2/c1-3-27(17-6-4-5-14(2)11-17)22(29)20-12-15(9-10-25-20)21(28)26-19-8-7-16(23)13-18(19)24/h4-13H,3H2,1-2H3,(H,26,28). The molecule has 3 rings (SSSR count). The van der Waals surface area contributed by atoms with Crippen LogP contribution in [0.3, 0.4) is 0 Å². The van der Waals surface area contributed by atoms with Crippen molar-refractivity contribution in [2.75, 3.05) is 16.8 Å². The Hall–Kier alpha value is -3.61. The highest BCUT2D eigenvalue weighted by Crippen LogP contribution is 2.19. The molecule has 3 aromatic rings. The predicted molar refractivity (Wildman–Crippen MR) is 107 cm³/mol. The summed E-state index contributed by atoms with van der Waals surface area (Å²) in [5.74, 6) is -2.63. The van der Waals surface area contributed by atoms with Gasteiger partial charge in [0.1, 0.15) is 17.3 Å². The molecule has 29 heavy (non-hydrogen) atoms. The van der Waals surface area contributed by atoms with Crippen molar-refractivity contribution in [3.63, 3.8) is 0 Å². The zero-order valence-corrected chi connectivity index (χ0v) is 15.9. The molecule has 0 aliphatic carbocycles. The van der Waals surface area contributed by atoms with Crippen LogP contribution in [0.25, 0.3) is 0 Å². The molecule has 0 aliphatic heterocycles. The Kier molecular flexibility index (Phi) is 5.97. The van der Waals surface area contributed by atoms with Crippen molar-refractivity contribution in [3.8, 4) is 0 Å².